The summed E-state index contributed by atoms with van der Waals surface area (Å²) in [5.41, 5.74) is 1.73. The van der Waals surface area contributed by atoms with Gasteiger partial charge in [0.1, 0.15) is 17.8 Å². The molecule has 10 heteroatoms. The Labute approximate surface area is 152 Å². The summed E-state index contributed by atoms with van der Waals surface area (Å²) in [6.07, 6.45) is 3.17. The molecule has 4 aromatic rings. The van der Waals surface area contributed by atoms with Crippen molar-refractivity contribution in [1.82, 2.24) is 28.9 Å². The Bertz CT molecular complexity index is 1180. The monoisotopic (exact) mass is 372 g/mol. The zero-order valence-corrected chi connectivity index (χ0v) is 14.8. The van der Waals surface area contributed by atoms with Gasteiger partial charge in [-0.25, -0.2) is 9.37 Å². The molecule has 9 nitrogen and oxygen atoms in total. The average molecular weight is 372 g/mol. The highest BCUT2D eigenvalue weighted by atomic mass is 19.1. The lowest BCUT2D eigenvalue weighted by Crippen LogP contribution is -2.25. The van der Waals surface area contributed by atoms with Crippen LogP contribution in [0.15, 0.2) is 35.5 Å². The van der Waals surface area contributed by atoms with Gasteiger partial charge in [-0.2, -0.15) is 4.68 Å². The van der Waals surface area contributed by atoms with Crippen LogP contribution in [0, 0.1) is 5.82 Å². The minimum absolute atomic E-state index is 0.280. The van der Waals surface area contributed by atoms with Crippen LogP contribution in [0.1, 0.15) is 5.69 Å². The van der Waals surface area contributed by atoms with E-state index in [0.29, 0.717) is 41.3 Å². The van der Waals surface area contributed by atoms with Crippen LogP contribution >= 0.6 is 0 Å². The summed E-state index contributed by atoms with van der Waals surface area (Å²) in [4.78, 5) is 17.5. The second-order valence-electron chi connectivity index (χ2n) is 5.96. The molecule has 1 aromatic carbocycles. The number of methoxy groups -OCH3 is 2. The van der Waals surface area contributed by atoms with E-state index in [2.05, 4.69) is 15.3 Å². The van der Waals surface area contributed by atoms with Crippen LogP contribution in [0.25, 0.3) is 22.4 Å². The Kier molecular flexibility index (Phi) is 4.42. The minimum Gasteiger partial charge on any atom is -0.383 e. The number of hydrogen-bond acceptors (Lipinski definition) is 6. The molecule has 0 aliphatic carbocycles. The number of halogens is 1. The third-order valence-corrected chi connectivity index (χ3v) is 4.25. The first-order valence-corrected chi connectivity index (χ1v) is 8.22. The zero-order chi connectivity index (χ0) is 19.0. The van der Waals surface area contributed by atoms with Crippen molar-refractivity contribution in [1.29, 1.82) is 0 Å². The average Bonchev–Trinajstić information content (AvgIpc) is 3.29. The fourth-order valence-electron chi connectivity index (χ4n) is 3.06. The number of benzene rings is 1. The van der Waals surface area contributed by atoms with Gasteiger partial charge in [0.25, 0.3) is 5.56 Å². The van der Waals surface area contributed by atoms with E-state index in [1.54, 1.807) is 30.9 Å². The quantitative estimate of drug-likeness (QED) is 0.505. The zero-order valence-electron chi connectivity index (χ0n) is 14.8. The number of hydrogen-bond donors (Lipinski definition) is 0. The summed E-state index contributed by atoms with van der Waals surface area (Å²) >= 11 is 0. The highest BCUT2D eigenvalue weighted by Gasteiger charge is 2.18. The third-order valence-electron chi connectivity index (χ3n) is 4.25. The predicted octanol–water partition coefficient (Wildman–Crippen LogP) is 1.16. The maximum atomic E-state index is 13.8. The lowest BCUT2D eigenvalue weighted by molar-refractivity contribution is 0.181. The Balaban J connectivity index is 2.00. The van der Waals surface area contributed by atoms with E-state index in [0.717, 1.165) is 0 Å². The Morgan fingerprint density at radius 1 is 1.19 bits per heavy atom. The van der Waals surface area contributed by atoms with Crippen LogP contribution < -0.4 is 5.56 Å². The fourth-order valence-corrected chi connectivity index (χ4v) is 3.06. The largest absolute Gasteiger partial charge is 0.383 e. The first kappa shape index (κ1) is 17.3. The van der Waals surface area contributed by atoms with E-state index < -0.39 is 5.82 Å². The van der Waals surface area contributed by atoms with Crippen molar-refractivity contribution >= 4 is 16.6 Å². The standard InChI is InChI=1S/C17H17FN6O3/c1-26-6-5-22-14-7-11(18)3-4-13(14)23-10-19-16(15(23)17(22)25)24-8-12(9-27-2)20-21-24/h3-4,7-8,10H,5-6,9H2,1-2H3. The molecular formula is C17H17FN6O3. The van der Waals surface area contributed by atoms with Crippen LogP contribution in [0.2, 0.25) is 0 Å². The van der Waals surface area contributed by atoms with Gasteiger partial charge in [0, 0.05) is 20.8 Å². The van der Waals surface area contributed by atoms with Crippen LogP contribution in [-0.4, -0.2) is 49.8 Å². The summed E-state index contributed by atoms with van der Waals surface area (Å²) in [6.45, 7) is 0.890. The number of nitrogens with zero attached hydrogens (tertiary/aromatic N) is 6. The van der Waals surface area contributed by atoms with Crippen molar-refractivity contribution in [2.24, 2.45) is 0 Å². The molecule has 3 heterocycles. The minimum atomic E-state index is -0.423. The lowest BCUT2D eigenvalue weighted by Gasteiger charge is -2.12. The highest BCUT2D eigenvalue weighted by Crippen LogP contribution is 2.19. The van der Waals surface area contributed by atoms with Crippen molar-refractivity contribution in [2.45, 2.75) is 13.2 Å². The smallest absolute Gasteiger partial charge is 0.279 e. The summed E-state index contributed by atoms with van der Waals surface area (Å²) < 4.78 is 28.5. The molecule has 27 heavy (non-hydrogen) atoms. The molecule has 0 fully saturated rings. The third kappa shape index (κ3) is 2.88. The van der Waals surface area contributed by atoms with Crippen LogP contribution in [-0.2, 0) is 22.6 Å². The van der Waals surface area contributed by atoms with Gasteiger partial charge in [0.2, 0.25) is 0 Å². The van der Waals surface area contributed by atoms with Crippen molar-refractivity contribution in [3.05, 3.63) is 52.6 Å². The van der Waals surface area contributed by atoms with E-state index in [9.17, 15) is 9.18 Å². The summed E-state index contributed by atoms with van der Waals surface area (Å²) in [5, 5.41) is 8.04. The molecule has 140 valence electrons. The molecule has 0 saturated carbocycles. The van der Waals surface area contributed by atoms with Crippen LogP contribution in [0.3, 0.4) is 0 Å². The SMILES string of the molecule is COCCn1c(=O)c2c(-n3cc(COC)nn3)ncn2c2ccc(F)cc21. The fraction of sp³-hybridized carbons (Fsp3) is 0.294. The first-order valence-electron chi connectivity index (χ1n) is 8.22. The van der Waals surface area contributed by atoms with Crippen molar-refractivity contribution in [3.63, 3.8) is 0 Å². The van der Waals surface area contributed by atoms with Gasteiger partial charge < -0.3 is 14.0 Å². The van der Waals surface area contributed by atoms with Gasteiger partial charge in [-0.15, -0.1) is 5.10 Å². The summed E-state index contributed by atoms with van der Waals surface area (Å²) in [5.74, 6) is -0.0829. The molecule has 4 rings (SSSR count). The molecule has 0 radical (unpaired) electrons. The summed E-state index contributed by atoms with van der Waals surface area (Å²) in [6, 6.07) is 4.29. The lowest BCUT2D eigenvalue weighted by atomic mass is 10.2. The number of rotatable bonds is 6. The normalized spacial score (nSPS) is 11.7. The maximum Gasteiger partial charge on any atom is 0.279 e. The van der Waals surface area contributed by atoms with E-state index in [1.807, 2.05) is 0 Å². The van der Waals surface area contributed by atoms with E-state index >= 15 is 0 Å². The molecule has 0 unspecified atom stereocenters. The molecule has 0 N–H and O–H groups in total. The van der Waals surface area contributed by atoms with Gasteiger partial charge in [-0.1, -0.05) is 5.21 Å². The Morgan fingerprint density at radius 2 is 2.04 bits per heavy atom. The van der Waals surface area contributed by atoms with Gasteiger partial charge in [-0.3, -0.25) is 9.20 Å². The second kappa shape index (κ2) is 6.89. The van der Waals surface area contributed by atoms with Gasteiger partial charge >= 0.3 is 0 Å². The highest BCUT2D eigenvalue weighted by molar-refractivity contribution is 5.81. The summed E-state index contributed by atoms with van der Waals surface area (Å²) in [7, 11) is 3.11. The molecule has 0 spiro atoms. The van der Waals surface area contributed by atoms with E-state index in [4.69, 9.17) is 9.47 Å². The molecular weight excluding hydrogens is 355 g/mol. The molecule has 0 saturated heterocycles. The molecule has 0 aliphatic rings. The van der Waals surface area contributed by atoms with Gasteiger partial charge in [0.05, 0.1) is 30.4 Å². The molecule has 0 aliphatic heterocycles. The molecule has 0 atom stereocenters. The molecule has 0 amide bonds. The maximum absolute atomic E-state index is 13.8. The Morgan fingerprint density at radius 3 is 2.81 bits per heavy atom. The number of imidazole rings is 1. The number of fused-ring (bicyclic) bond motifs is 3. The van der Waals surface area contributed by atoms with E-state index in [1.165, 1.54) is 27.7 Å². The predicted molar refractivity (Wildman–Crippen MR) is 94.4 cm³/mol. The van der Waals surface area contributed by atoms with Gasteiger partial charge in [0.15, 0.2) is 11.3 Å². The first-order chi connectivity index (χ1) is 13.1. The van der Waals surface area contributed by atoms with Crippen LogP contribution in [0.4, 0.5) is 4.39 Å². The van der Waals surface area contributed by atoms with Crippen molar-refractivity contribution in [2.75, 3.05) is 20.8 Å². The molecule has 0 bridgehead atoms. The topological polar surface area (TPSA) is 88.5 Å². The second-order valence-corrected chi connectivity index (χ2v) is 5.96. The van der Waals surface area contributed by atoms with Gasteiger partial charge in [-0.05, 0) is 18.2 Å². The van der Waals surface area contributed by atoms with Crippen molar-refractivity contribution < 1.29 is 13.9 Å². The van der Waals surface area contributed by atoms with Crippen LogP contribution in [0.5, 0.6) is 0 Å². The van der Waals surface area contributed by atoms with E-state index in [-0.39, 0.29) is 12.1 Å². The molecule has 3 aromatic heterocycles. The van der Waals surface area contributed by atoms with Crippen molar-refractivity contribution in [3.8, 4) is 5.82 Å². The Hall–Kier alpha value is -3.11. The number of aromatic nitrogens is 6. The number of ether oxygens (including phenoxy) is 2.